The van der Waals surface area contributed by atoms with E-state index in [1.165, 1.54) is 0 Å². The Kier molecular flexibility index (Phi) is 4.98. The normalized spacial score (nSPS) is 11.2. The largest absolute Gasteiger partial charge is 0.477 e. The molecule has 8 heteroatoms. The highest BCUT2D eigenvalue weighted by atomic mass is 16.6. The number of aliphatic hydroxyl groups is 1. The van der Waals surface area contributed by atoms with Crippen LogP contribution >= 0.6 is 0 Å². The second kappa shape index (κ2) is 6.29. The van der Waals surface area contributed by atoms with Crippen LogP contribution in [0.1, 0.15) is 37.2 Å². The molecule has 0 saturated carbocycles. The number of pyridine rings is 1. The summed E-state index contributed by atoms with van der Waals surface area (Å²) in [5.74, 6) is -1.43. The van der Waals surface area contributed by atoms with Crippen LogP contribution in [0.5, 0.6) is 0 Å². The monoisotopic (exact) mass is 283 g/mol. The third-order valence-corrected chi connectivity index (χ3v) is 3.19. The molecule has 1 rings (SSSR count). The molecule has 20 heavy (non-hydrogen) atoms. The maximum atomic E-state index is 10.9. The molecule has 0 saturated heterocycles. The van der Waals surface area contributed by atoms with Gasteiger partial charge in [0.25, 0.3) is 0 Å². The van der Waals surface area contributed by atoms with Crippen LogP contribution in [-0.2, 0) is 0 Å². The second-order valence-electron chi connectivity index (χ2n) is 4.41. The highest BCUT2D eigenvalue weighted by molar-refractivity contribution is 5.86. The van der Waals surface area contributed by atoms with E-state index < -0.39 is 16.5 Å². The molecule has 0 bridgehead atoms. The van der Waals surface area contributed by atoms with Crippen LogP contribution < -0.4 is 5.32 Å². The Bertz CT molecular complexity index is 514. The second-order valence-corrected chi connectivity index (χ2v) is 4.41. The van der Waals surface area contributed by atoms with Crippen LogP contribution in [0.2, 0.25) is 0 Å². The van der Waals surface area contributed by atoms with E-state index in [2.05, 4.69) is 10.3 Å². The third-order valence-electron chi connectivity index (χ3n) is 3.19. The number of aromatic nitrogens is 1. The van der Waals surface area contributed by atoms with Crippen LogP contribution in [0.3, 0.4) is 0 Å². The Hall–Kier alpha value is -2.22. The fourth-order valence-electron chi connectivity index (χ4n) is 1.60. The molecule has 0 fully saturated rings. The van der Waals surface area contributed by atoms with Gasteiger partial charge in [0.05, 0.1) is 10.5 Å². The van der Waals surface area contributed by atoms with E-state index in [1.54, 1.807) is 13.8 Å². The summed E-state index contributed by atoms with van der Waals surface area (Å²) in [5, 5.41) is 32.5. The van der Waals surface area contributed by atoms with Gasteiger partial charge in [0, 0.05) is 12.6 Å². The maximum absolute atomic E-state index is 10.9. The number of nitro groups is 1. The Morgan fingerprint density at radius 3 is 2.50 bits per heavy atom. The van der Waals surface area contributed by atoms with Crippen LogP contribution in [0.25, 0.3) is 0 Å². The highest BCUT2D eigenvalue weighted by Gasteiger charge is 2.25. The van der Waals surface area contributed by atoms with E-state index in [0.717, 1.165) is 12.1 Å². The molecule has 0 aliphatic heterocycles. The highest BCUT2D eigenvalue weighted by Crippen LogP contribution is 2.24. The fraction of sp³-hybridized carbons (Fsp3) is 0.500. The molecule has 0 aliphatic carbocycles. The summed E-state index contributed by atoms with van der Waals surface area (Å²) in [4.78, 5) is 24.8. The number of anilines is 1. The summed E-state index contributed by atoms with van der Waals surface area (Å²) >= 11 is 0. The molecular weight excluding hydrogens is 266 g/mol. The van der Waals surface area contributed by atoms with E-state index >= 15 is 0 Å². The van der Waals surface area contributed by atoms with Crippen molar-refractivity contribution in [1.29, 1.82) is 0 Å². The van der Waals surface area contributed by atoms with E-state index in [9.17, 15) is 20.0 Å². The van der Waals surface area contributed by atoms with Gasteiger partial charge in [-0.15, -0.1) is 0 Å². The molecule has 0 unspecified atom stereocenters. The number of rotatable bonds is 7. The summed E-state index contributed by atoms with van der Waals surface area (Å²) in [6.45, 7) is 3.64. The molecule has 1 heterocycles. The van der Waals surface area contributed by atoms with Gasteiger partial charge in [-0.3, -0.25) is 10.1 Å². The molecule has 1 aromatic rings. The maximum Gasteiger partial charge on any atom is 0.354 e. The summed E-state index contributed by atoms with van der Waals surface area (Å²) in [6.07, 6.45) is 0.922. The first kappa shape index (κ1) is 15.8. The van der Waals surface area contributed by atoms with Gasteiger partial charge in [-0.1, -0.05) is 13.8 Å². The van der Waals surface area contributed by atoms with Crippen LogP contribution in [-0.4, -0.2) is 38.2 Å². The molecule has 1 aromatic heterocycles. The predicted octanol–water partition coefficient (Wildman–Crippen LogP) is 1.65. The van der Waals surface area contributed by atoms with Crippen molar-refractivity contribution in [3.05, 3.63) is 27.9 Å². The molecule has 0 aliphatic rings. The minimum absolute atomic E-state index is 0.0525. The van der Waals surface area contributed by atoms with Gasteiger partial charge < -0.3 is 15.5 Å². The van der Waals surface area contributed by atoms with E-state index in [1.807, 2.05) is 0 Å². The quantitative estimate of drug-likeness (QED) is 0.513. The summed E-state index contributed by atoms with van der Waals surface area (Å²) in [6, 6.07) is 2.15. The van der Waals surface area contributed by atoms with Crippen LogP contribution in [0, 0.1) is 10.1 Å². The first-order valence-corrected chi connectivity index (χ1v) is 6.18. The number of carboxylic acid groups (broad SMARTS) is 1. The molecule has 0 amide bonds. The molecule has 0 radical (unpaired) electrons. The van der Waals surface area contributed by atoms with Crippen molar-refractivity contribution in [3.63, 3.8) is 0 Å². The van der Waals surface area contributed by atoms with E-state index in [-0.39, 0.29) is 23.7 Å². The number of nitrogens with zero attached hydrogens (tertiary/aromatic N) is 2. The number of hydrogen-bond acceptors (Lipinski definition) is 6. The van der Waals surface area contributed by atoms with Gasteiger partial charge in [0.1, 0.15) is 0 Å². The molecule has 110 valence electrons. The zero-order valence-corrected chi connectivity index (χ0v) is 11.3. The van der Waals surface area contributed by atoms with Crippen molar-refractivity contribution in [2.45, 2.75) is 32.3 Å². The number of carboxylic acids is 1. The Balaban J connectivity index is 3.05. The Labute approximate surface area is 115 Å². The fourth-order valence-corrected chi connectivity index (χ4v) is 1.60. The topological polar surface area (TPSA) is 126 Å². The average Bonchev–Trinajstić information content (AvgIpc) is 2.44. The SMILES string of the molecule is CCC(O)(CC)CNc1nc(C(=O)O)ccc1[N+](=O)[O-]. The van der Waals surface area contributed by atoms with E-state index in [4.69, 9.17) is 5.11 Å². The standard InChI is InChI=1S/C12H17N3O5/c1-3-12(18,4-2)7-13-10-9(15(19)20)6-5-8(14-10)11(16)17/h5-6,18H,3-4,7H2,1-2H3,(H,13,14)(H,16,17). The summed E-state index contributed by atoms with van der Waals surface area (Å²) in [7, 11) is 0. The number of hydrogen-bond donors (Lipinski definition) is 3. The summed E-state index contributed by atoms with van der Waals surface area (Å²) < 4.78 is 0. The van der Waals surface area contributed by atoms with Gasteiger partial charge in [0.2, 0.25) is 5.82 Å². The van der Waals surface area contributed by atoms with Crippen molar-refractivity contribution < 1.29 is 19.9 Å². The minimum Gasteiger partial charge on any atom is -0.477 e. The first-order chi connectivity index (χ1) is 9.33. The Morgan fingerprint density at radius 2 is 2.05 bits per heavy atom. The van der Waals surface area contributed by atoms with Crippen molar-refractivity contribution in [2.75, 3.05) is 11.9 Å². The number of carbonyl (C=O) groups is 1. The van der Waals surface area contributed by atoms with Gasteiger partial charge in [0.15, 0.2) is 5.69 Å². The van der Waals surface area contributed by atoms with Gasteiger partial charge >= 0.3 is 11.7 Å². The number of aromatic carboxylic acids is 1. The average molecular weight is 283 g/mol. The van der Waals surface area contributed by atoms with E-state index in [0.29, 0.717) is 12.8 Å². The zero-order valence-electron chi connectivity index (χ0n) is 11.3. The molecule has 0 spiro atoms. The molecular formula is C12H17N3O5. The Morgan fingerprint density at radius 1 is 1.45 bits per heavy atom. The predicted molar refractivity (Wildman–Crippen MR) is 71.9 cm³/mol. The molecule has 8 nitrogen and oxygen atoms in total. The third kappa shape index (κ3) is 3.64. The summed E-state index contributed by atoms with van der Waals surface area (Å²) in [5.41, 5.74) is -1.64. The smallest absolute Gasteiger partial charge is 0.354 e. The first-order valence-electron chi connectivity index (χ1n) is 6.18. The number of nitrogens with one attached hydrogen (secondary N) is 1. The minimum atomic E-state index is -1.27. The van der Waals surface area contributed by atoms with Gasteiger partial charge in [-0.25, -0.2) is 9.78 Å². The van der Waals surface area contributed by atoms with Crippen LogP contribution in [0.4, 0.5) is 11.5 Å². The van der Waals surface area contributed by atoms with Crippen molar-refractivity contribution in [2.24, 2.45) is 0 Å². The van der Waals surface area contributed by atoms with Crippen molar-refractivity contribution in [3.8, 4) is 0 Å². The van der Waals surface area contributed by atoms with Crippen molar-refractivity contribution in [1.82, 2.24) is 4.98 Å². The molecule has 3 N–H and O–H groups in total. The lowest BCUT2D eigenvalue weighted by Gasteiger charge is -2.25. The molecule has 0 aromatic carbocycles. The van der Waals surface area contributed by atoms with Crippen LogP contribution in [0.15, 0.2) is 12.1 Å². The van der Waals surface area contributed by atoms with Gasteiger partial charge in [-0.05, 0) is 18.9 Å². The van der Waals surface area contributed by atoms with Crippen molar-refractivity contribution >= 4 is 17.5 Å². The molecule has 0 atom stereocenters. The van der Waals surface area contributed by atoms with Gasteiger partial charge in [-0.2, -0.15) is 0 Å². The lowest BCUT2D eigenvalue weighted by Crippen LogP contribution is -2.35. The zero-order chi connectivity index (χ0) is 15.3. The lowest BCUT2D eigenvalue weighted by atomic mass is 9.98. The lowest BCUT2D eigenvalue weighted by molar-refractivity contribution is -0.384.